The molecule has 94 valence electrons. The van der Waals surface area contributed by atoms with Gasteiger partial charge in [-0.05, 0) is 32.2 Å². The summed E-state index contributed by atoms with van der Waals surface area (Å²) in [5.74, 6) is 0. The van der Waals surface area contributed by atoms with Crippen LogP contribution < -0.4 is 0 Å². The molecule has 1 saturated heterocycles. The lowest BCUT2D eigenvalue weighted by Crippen LogP contribution is -2.35. The van der Waals surface area contributed by atoms with E-state index in [0.29, 0.717) is 11.7 Å². The van der Waals surface area contributed by atoms with Crippen LogP contribution in [-0.2, 0) is 4.74 Å². The number of halogens is 1. The van der Waals surface area contributed by atoms with E-state index in [1.165, 1.54) is 38.5 Å². The van der Waals surface area contributed by atoms with Gasteiger partial charge in [0.05, 0.1) is 11.7 Å². The highest BCUT2D eigenvalue weighted by Crippen LogP contribution is 2.43. The van der Waals surface area contributed by atoms with Gasteiger partial charge >= 0.3 is 0 Å². The molecule has 0 radical (unpaired) electrons. The van der Waals surface area contributed by atoms with Gasteiger partial charge in [-0.15, -0.1) is 0 Å². The first-order valence-electron chi connectivity index (χ1n) is 6.74. The maximum atomic E-state index is 6.33. The van der Waals surface area contributed by atoms with Gasteiger partial charge in [0.15, 0.2) is 0 Å². The maximum Gasteiger partial charge on any atom is 0.0710 e. The Morgan fingerprint density at radius 1 is 1.31 bits per heavy atom. The van der Waals surface area contributed by atoms with Crippen LogP contribution in [0.15, 0.2) is 0 Å². The molecular weight excluding hydrogens is 266 g/mol. The standard InChI is InChI=1S/C13H24BrNO/c1-2-15(10-9-14)11-12-5-8-13(16-12)6-3-4-7-13/h12H,2-11H2,1H3. The van der Waals surface area contributed by atoms with Crippen LogP contribution in [0.2, 0.25) is 0 Å². The van der Waals surface area contributed by atoms with Crippen molar-refractivity contribution in [1.29, 1.82) is 0 Å². The molecule has 1 heterocycles. The molecule has 1 spiro atoms. The highest BCUT2D eigenvalue weighted by Gasteiger charge is 2.42. The predicted octanol–water partition coefficient (Wildman–Crippen LogP) is 3.20. The Morgan fingerprint density at radius 2 is 2.06 bits per heavy atom. The molecule has 0 N–H and O–H groups in total. The van der Waals surface area contributed by atoms with Gasteiger partial charge in [0.25, 0.3) is 0 Å². The molecule has 1 saturated carbocycles. The van der Waals surface area contributed by atoms with Gasteiger partial charge in [0, 0.05) is 18.4 Å². The fourth-order valence-electron chi connectivity index (χ4n) is 3.20. The molecule has 3 heteroatoms. The molecule has 0 amide bonds. The van der Waals surface area contributed by atoms with E-state index in [2.05, 4.69) is 27.8 Å². The van der Waals surface area contributed by atoms with Crippen molar-refractivity contribution < 1.29 is 4.74 Å². The summed E-state index contributed by atoms with van der Waals surface area (Å²) in [7, 11) is 0. The Bertz CT molecular complexity index is 216. The lowest BCUT2D eigenvalue weighted by molar-refractivity contribution is -0.0463. The van der Waals surface area contributed by atoms with Gasteiger partial charge in [-0.25, -0.2) is 0 Å². The van der Waals surface area contributed by atoms with Crippen molar-refractivity contribution >= 4 is 15.9 Å². The van der Waals surface area contributed by atoms with Crippen LogP contribution in [0.5, 0.6) is 0 Å². The fraction of sp³-hybridized carbons (Fsp3) is 1.00. The Kier molecular flexibility index (Phi) is 4.68. The molecule has 0 aromatic rings. The number of rotatable bonds is 5. The van der Waals surface area contributed by atoms with E-state index in [1.54, 1.807) is 0 Å². The predicted molar refractivity (Wildman–Crippen MR) is 71.2 cm³/mol. The van der Waals surface area contributed by atoms with E-state index >= 15 is 0 Å². The molecule has 2 fully saturated rings. The number of nitrogens with zero attached hydrogens (tertiary/aromatic N) is 1. The van der Waals surface area contributed by atoms with Crippen molar-refractivity contribution in [2.45, 2.75) is 57.2 Å². The summed E-state index contributed by atoms with van der Waals surface area (Å²) >= 11 is 3.52. The SMILES string of the molecule is CCN(CCBr)CC1CCC2(CCCC2)O1. The van der Waals surface area contributed by atoms with E-state index < -0.39 is 0 Å². The van der Waals surface area contributed by atoms with Crippen LogP contribution in [0, 0.1) is 0 Å². The largest absolute Gasteiger partial charge is 0.370 e. The van der Waals surface area contributed by atoms with E-state index in [1.807, 2.05) is 0 Å². The minimum atomic E-state index is 0.304. The summed E-state index contributed by atoms with van der Waals surface area (Å²) in [6.07, 6.45) is 8.47. The van der Waals surface area contributed by atoms with E-state index in [-0.39, 0.29) is 0 Å². The second-order valence-corrected chi connectivity index (χ2v) is 6.04. The molecule has 0 aromatic heterocycles. The minimum Gasteiger partial charge on any atom is -0.370 e. The summed E-state index contributed by atoms with van der Waals surface area (Å²) in [4.78, 5) is 2.49. The molecule has 2 nitrogen and oxygen atoms in total. The minimum absolute atomic E-state index is 0.304. The second-order valence-electron chi connectivity index (χ2n) is 5.25. The lowest BCUT2D eigenvalue weighted by atomic mass is 9.98. The first-order chi connectivity index (χ1) is 7.78. The monoisotopic (exact) mass is 289 g/mol. The molecule has 1 unspecified atom stereocenters. The van der Waals surface area contributed by atoms with Crippen molar-refractivity contribution in [2.24, 2.45) is 0 Å². The Labute approximate surface area is 108 Å². The molecular formula is C13H24BrNO. The number of hydrogen-bond acceptors (Lipinski definition) is 2. The smallest absolute Gasteiger partial charge is 0.0710 e. The number of hydrogen-bond donors (Lipinski definition) is 0. The Hall–Kier alpha value is 0.400. The van der Waals surface area contributed by atoms with Crippen LogP contribution in [0.4, 0.5) is 0 Å². The quantitative estimate of drug-likeness (QED) is 0.721. The second kappa shape index (κ2) is 5.83. The lowest BCUT2D eigenvalue weighted by Gasteiger charge is -2.27. The van der Waals surface area contributed by atoms with Crippen molar-refractivity contribution in [3.8, 4) is 0 Å². The van der Waals surface area contributed by atoms with Crippen molar-refractivity contribution in [3.63, 3.8) is 0 Å². The van der Waals surface area contributed by atoms with Crippen molar-refractivity contribution in [2.75, 3.05) is 25.0 Å². The average molecular weight is 290 g/mol. The average Bonchev–Trinajstić information content (AvgIpc) is 2.90. The van der Waals surface area contributed by atoms with Crippen LogP contribution in [0.25, 0.3) is 0 Å². The van der Waals surface area contributed by atoms with Gasteiger partial charge in [-0.1, -0.05) is 35.7 Å². The Morgan fingerprint density at radius 3 is 2.69 bits per heavy atom. The van der Waals surface area contributed by atoms with Crippen molar-refractivity contribution in [1.82, 2.24) is 4.90 Å². The molecule has 16 heavy (non-hydrogen) atoms. The van der Waals surface area contributed by atoms with Crippen LogP contribution in [0.1, 0.15) is 45.4 Å². The zero-order valence-corrected chi connectivity index (χ0v) is 12.0. The topological polar surface area (TPSA) is 12.5 Å². The Balaban J connectivity index is 1.79. The molecule has 2 rings (SSSR count). The summed E-state index contributed by atoms with van der Waals surface area (Å²) < 4.78 is 6.33. The maximum absolute atomic E-state index is 6.33. The van der Waals surface area contributed by atoms with Crippen LogP contribution in [0.3, 0.4) is 0 Å². The van der Waals surface area contributed by atoms with E-state index in [9.17, 15) is 0 Å². The van der Waals surface area contributed by atoms with Gasteiger partial charge in [0.1, 0.15) is 0 Å². The van der Waals surface area contributed by atoms with Crippen LogP contribution in [-0.4, -0.2) is 41.6 Å². The first-order valence-corrected chi connectivity index (χ1v) is 7.86. The number of alkyl halides is 1. The molecule has 1 atom stereocenters. The summed E-state index contributed by atoms with van der Waals surface area (Å²) in [6.45, 7) is 5.65. The summed E-state index contributed by atoms with van der Waals surface area (Å²) in [5.41, 5.74) is 0.304. The zero-order valence-electron chi connectivity index (χ0n) is 10.4. The highest BCUT2D eigenvalue weighted by molar-refractivity contribution is 9.09. The molecule has 1 aliphatic carbocycles. The van der Waals surface area contributed by atoms with Crippen LogP contribution >= 0.6 is 15.9 Å². The molecule has 0 aromatic carbocycles. The first kappa shape index (κ1) is 12.8. The van der Waals surface area contributed by atoms with Gasteiger partial charge < -0.3 is 9.64 Å². The third kappa shape index (κ3) is 2.99. The third-order valence-electron chi connectivity index (χ3n) is 4.16. The fourth-order valence-corrected chi connectivity index (χ4v) is 3.70. The third-order valence-corrected chi connectivity index (χ3v) is 4.52. The summed E-state index contributed by atoms with van der Waals surface area (Å²) in [6, 6.07) is 0. The van der Waals surface area contributed by atoms with Gasteiger partial charge in [0.2, 0.25) is 0 Å². The van der Waals surface area contributed by atoms with Crippen molar-refractivity contribution in [3.05, 3.63) is 0 Å². The highest BCUT2D eigenvalue weighted by atomic mass is 79.9. The van der Waals surface area contributed by atoms with Gasteiger partial charge in [-0.3, -0.25) is 0 Å². The van der Waals surface area contributed by atoms with E-state index in [4.69, 9.17) is 4.74 Å². The van der Waals surface area contributed by atoms with Gasteiger partial charge in [-0.2, -0.15) is 0 Å². The molecule has 2 aliphatic rings. The zero-order chi connectivity index (χ0) is 11.4. The molecule has 1 aliphatic heterocycles. The molecule has 0 bridgehead atoms. The number of likely N-dealkylation sites (N-methyl/N-ethyl adjacent to an activating group) is 1. The summed E-state index contributed by atoms with van der Waals surface area (Å²) in [5, 5.41) is 1.07. The number of ether oxygens (including phenoxy) is 1. The van der Waals surface area contributed by atoms with E-state index in [0.717, 1.165) is 25.0 Å². The normalized spacial score (nSPS) is 28.3.